The third-order valence-electron chi connectivity index (χ3n) is 3.69. The van der Waals surface area contributed by atoms with E-state index in [1.54, 1.807) is 11.3 Å². The van der Waals surface area contributed by atoms with Crippen molar-refractivity contribution < 1.29 is 0 Å². The molecule has 0 saturated heterocycles. The zero-order valence-corrected chi connectivity index (χ0v) is 13.3. The predicted molar refractivity (Wildman–Crippen MR) is 92.2 cm³/mol. The topological polar surface area (TPSA) is 24.9 Å². The molecule has 0 aliphatic heterocycles. The zero-order valence-electron chi connectivity index (χ0n) is 12.5. The fourth-order valence-corrected chi connectivity index (χ4v) is 3.27. The van der Waals surface area contributed by atoms with Crippen molar-refractivity contribution in [1.82, 2.24) is 4.98 Å². The highest BCUT2D eigenvalue weighted by molar-refractivity contribution is 7.16. The summed E-state index contributed by atoms with van der Waals surface area (Å²) in [7, 11) is 0. The second-order valence-electron chi connectivity index (χ2n) is 5.61. The van der Waals surface area contributed by atoms with E-state index in [-0.39, 0.29) is 0 Å². The van der Waals surface area contributed by atoms with Crippen LogP contribution in [0.15, 0.2) is 48.0 Å². The van der Waals surface area contributed by atoms with E-state index in [0.717, 1.165) is 18.4 Å². The molecular weight excluding hydrogens is 276 g/mol. The van der Waals surface area contributed by atoms with Gasteiger partial charge in [-0.3, -0.25) is 0 Å². The number of benzene rings is 2. The average Bonchev–Trinajstić information content (AvgIpc) is 2.93. The first-order valence-electron chi connectivity index (χ1n) is 7.36. The monoisotopic (exact) mass is 296 g/mol. The Bertz CT molecular complexity index is 733. The van der Waals surface area contributed by atoms with E-state index in [1.807, 2.05) is 5.51 Å². The molecule has 0 radical (unpaired) electrons. The van der Waals surface area contributed by atoms with Crippen LogP contribution in [0.4, 0.5) is 5.69 Å². The Balaban J connectivity index is 1.59. The SMILES string of the molecule is Cc1cccc(CCC(C)Nc2ccc3ncsc3c2)c1. The van der Waals surface area contributed by atoms with Crippen LogP contribution in [0.1, 0.15) is 24.5 Å². The van der Waals surface area contributed by atoms with Crippen molar-refractivity contribution in [2.75, 3.05) is 5.32 Å². The van der Waals surface area contributed by atoms with Crippen molar-refractivity contribution in [2.45, 2.75) is 32.7 Å². The summed E-state index contributed by atoms with van der Waals surface area (Å²) in [4.78, 5) is 4.31. The molecule has 3 rings (SSSR count). The average molecular weight is 296 g/mol. The van der Waals surface area contributed by atoms with E-state index in [1.165, 1.54) is 21.5 Å². The van der Waals surface area contributed by atoms with Crippen LogP contribution in [0, 0.1) is 6.92 Å². The molecule has 0 fully saturated rings. The van der Waals surface area contributed by atoms with Crippen molar-refractivity contribution in [1.29, 1.82) is 0 Å². The lowest BCUT2D eigenvalue weighted by Gasteiger charge is -2.15. The Morgan fingerprint density at radius 1 is 1.19 bits per heavy atom. The van der Waals surface area contributed by atoms with E-state index >= 15 is 0 Å². The molecule has 0 aliphatic carbocycles. The molecule has 0 amide bonds. The number of rotatable bonds is 5. The number of thiazole rings is 1. The summed E-state index contributed by atoms with van der Waals surface area (Å²) >= 11 is 1.69. The largest absolute Gasteiger partial charge is 0.383 e. The van der Waals surface area contributed by atoms with Crippen molar-refractivity contribution in [3.63, 3.8) is 0 Å². The van der Waals surface area contributed by atoms with Crippen LogP contribution in [0.3, 0.4) is 0 Å². The van der Waals surface area contributed by atoms with E-state index in [2.05, 4.69) is 66.6 Å². The van der Waals surface area contributed by atoms with Gasteiger partial charge < -0.3 is 5.32 Å². The highest BCUT2D eigenvalue weighted by Crippen LogP contribution is 2.22. The second kappa shape index (κ2) is 6.27. The van der Waals surface area contributed by atoms with Crippen molar-refractivity contribution >= 4 is 27.2 Å². The van der Waals surface area contributed by atoms with Crippen molar-refractivity contribution in [3.05, 3.63) is 59.1 Å². The van der Waals surface area contributed by atoms with Crippen LogP contribution < -0.4 is 5.32 Å². The third-order valence-corrected chi connectivity index (χ3v) is 4.48. The quantitative estimate of drug-likeness (QED) is 0.713. The molecule has 1 atom stereocenters. The number of aryl methyl sites for hydroxylation is 2. The molecule has 0 spiro atoms. The van der Waals surface area contributed by atoms with E-state index in [4.69, 9.17) is 0 Å². The lowest BCUT2D eigenvalue weighted by Crippen LogP contribution is -2.15. The Morgan fingerprint density at radius 2 is 2.10 bits per heavy atom. The van der Waals surface area contributed by atoms with Gasteiger partial charge in [0.05, 0.1) is 15.7 Å². The standard InChI is InChI=1S/C18H20N2S/c1-13-4-3-5-15(10-13)7-6-14(2)20-16-8-9-17-18(11-16)21-12-19-17/h3-5,8-12,14,20H,6-7H2,1-2H3. The minimum atomic E-state index is 0.455. The van der Waals surface area contributed by atoms with Crippen LogP contribution in [0.2, 0.25) is 0 Å². The molecule has 3 heteroatoms. The molecule has 0 bridgehead atoms. The molecule has 2 aromatic carbocycles. The third kappa shape index (κ3) is 3.61. The molecule has 0 aliphatic rings. The Hall–Kier alpha value is -1.87. The number of anilines is 1. The number of nitrogens with one attached hydrogen (secondary N) is 1. The summed E-state index contributed by atoms with van der Waals surface area (Å²) in [5, 5.41) is 3.59. The molecule has 2 nitrogen and oxygen atoms in total. The van der Waals surface area contributed by atoms with Gasteiger partial charge in [-0.1, -0.05) is 29.8 Å². The van der Waals surface area contributed by atoms with Gasteiger partial charge in [0.2, 0.25) is 0 Å². The van der Waals surface area contributed by atoms with E-state index in [9.17, 15) is 0 Å². The first kappa shape index (κ1) is 14.1. The summed E-state index contributed by atoms with van der Waals surface area (Å²) in [6, 6.07) is 15.6. The van der Waals surface area contributed by atoms with Crippen LogP contribution in [0.5, 0.6) is 0 Å². The highest BCUT2D eigenvalue weighted by Gasteiger charge is 2.05. The summed E-state index contributed by atoms with van der Waals surface area (Å²) in [5.74, 6) is 0. The molecule has 1 heterocycles. The van der Waals surface area contributed by atoms with Crippen LogP contribution >= 0.6 is 11.3 Å². The number of hydrogen-bond acceptors (Lipinski definition) is 3. The molecule has 0 saturated carbocycles. The normalized spacial score (nSPS) is 12.5. The van der Waals surface area contributed by atoms with Gasteiger partial charge in [0, 0.05) is 11.7 Å². The van der Waals surface area contributed by atoms with Crippen LogP contribution in [-0.4, -0.2) is 11.0 Å². The maximum Gasteiger partial charge on any atom is 0.0813 e. The highest BCUT2D eigenvalue weighted by atomic mass is 32.1. The maximum absolute atomic E-state index is 4.31. The minimum Gasteiger partial charge on any atom is -0.383 e. The molecule has 1 unspecified atom stereocenters. The number of aromatic nitrogens is 1. The van der Waals surface area contributed by atoms with E-state index in [0.29, 0.717) is 6.04 Å². The Morgan fingerprint density at radius 3 is 2.95 bits per heavy atom. The van der Waals surface area contributed by atoms with Crippen LogP contribution in [-0.2, 0) is 6.42 Å². The lowest BCUT2D eigenvalue weighted by molar-refractivity contribution is 0.706. The summed E-state index contributed by atoms with van der Waals surface area (Å²) < 4.78 is 1.24. The summed E-state index contributed by atoms with van der Waals surface area (Å²) in [6.07, 6.45) is 2.24. The number of hydrogen-bond donors (Lipinski definition) is 1. The Labute approximate surface area is 129 Å². The molecule has 1 aromatic heterocycles. The maximum atomic E-state index is 4.31. The molecule has 3 aromatic rings. The number of nitrogens with zero attached hydrogens (tertiary/aromatic N) is 1. The fraction of sp³-hybridized carbons (Fsp3) is 0.278. The molecule has 108 valence electrons. The van der Waals surface area contributed by atoms with Crippen molar-refractivity contribution in [3.8, 4) is 0 Å². The van der Waals surface area contributed by atoms with Gasteiger partial charge in [-0.15, -0.1) is 11.3 Å². The zero-order chi connectivity index (χ0) is 14.7. The van der Waals surface area contributed by atoms with Gasteiger partial charge in [-0.05, 0) is 50.5 Å². The van der Waals surface area contributed by atoms with E-state index < -0.39 is 0 Å². The smallest absolute Gasteiger partial charge is 0.0813 e. The van der Waals surface area contributed by atoms with Gasteiger partial charge in [-0.25, -0.2) is 4.98 Å². The molecular formula is C18H20N2S. The minimum absolute atomic E-state index is 0.455. The van der Waals surface area contributed by atoms with Gasteiger partial charge in [0.25, 0.3) is 0 Å². The lowest BCUT2D eigenvalue weighted by atomic mass is 10.0. The number of fused-ring (bicyclic) bond motifs is 1. The van der Waals surface area contributed by atoms with Gasteiger partial charge in [0.1, 0.15) is 0 Å². The molecule has 21 heavy (non-hydrogen) atoms. The first-order chi connectivity index (χ1) is 10.2. The van der Waals surface area contributed by atoms with Crippen LogP contribution in [0.25, 0.3) is 10.2 Å². The van der Waals surface area contributed by atoms with Crippen molar-refractivity contribution in [2.24, 2.45) is 0 Å². The summed E-state index contributed by atoms with van der Waals surface area (Å²) in [6.45, 7) is 4.39. The Kier molecular flexibility index (Phi) is 4.20. The summed E-state index contributed by atoms with van der Waals surface area (Å²) in [5.41, 5.74) is 6.92. The first-order valence-corrected chi connectivity index (χ1v) is 8.24. The second-order valence-corrected chi connectivity index (χ2v) is 6.49. The predicted octanol–water partition coefficient (Wildman–Crippen LogP) is 5.04. The van der Waals surface area contributed by atoms with Gasteiger partial charge in [-0.2, -0.15) is 0 Å². The fourth-order valence-electron chi connectivity index (χ4n) is 2.55. The van der Waals surface area contributed by atoms with Gasteiger partial charge >= 0.3 is 0 Å². The van der Waals surface area contributed by atoms with Gasteiger partial charge in [0.15, 0.2) is 0 Å². The molecule has 1 N–H and O–H groups in total.